The van der Waals surface area contributed by atoms with E-state index in [0.29, 0.717) is 0 Å². The third-order valence-electron chi connectivity index (χ3n) is 12.4. The average molecular weight is 904 g/mol. The fraction of sp³-hybridized carbons (Fsp3) is 0.0161. The summed E-state index contributed by atoms with van der Waals surface area (Å²) in [6.45, 7) is 0. The zero-order valence-electron chi connectivity index (χ0n) is 38.3. The molecule has 7 heterocycles. The molecule has 70 heavy (non-hydrogen) atoms. The van der Waals surface area contributed by atoms with Gasteiger partial charge < -0.3 is 14.7 Å². The van der Waals surface area contributed by atoms with E-state index in [2.05, 4.69) is 143 Å². The minimum absolute atomic E-state index is 0.798. The second-order valence-electron chi connectivity index (χ2n) is 16.5. The molecule has 0 radical (unpaired) electrons. The van der Waals surface area contributed by atoms with Crippen molar-refractivity contribution in [2.45, 2.75) is 0 Å². The van der Waals surface area contributed by atoms with E-state index in [4.69, 9.17) is 24.4 Å². The van der Waals surface area contributed by atoms with Crippen LogP contribution in [0.15, 0.2) is 248 Å². The summed E-state index contributed by atoms with van der Waals surface area (Å²) in [7, 11) is 1.50. The van der Waals surface area contributed by atoms with Crippen molar-refractivity contribution >= 4 is 43.7 Å². The zero-order valence-corrected chi connectivity index (χ0v) is 38.3. The molecule has 0 amide bonds. The van der Waals surface area contributed by atoms with Crippen molar-refractivity contribution in [1.82, 2.24) is 29.5 Å². The first kappa shape index (κ1) is 43.2. The molecule has 0 saturated heterocycles. The summed E-state index contributed by atoms with van der Waals surface area (Å²) < 4.78 is 8.99. The lowest BCUT2D eigenvalue weighted by Crippen LogP contribution is -1.94. The number of pyridine rings is 5. The van der Waals surface area contributed by atoms with Crippen molar-refractivity contribution in [3.05, 3.63) is 243 Å². The first-order valence-electron chi connectivity index (χ1n) is 23.1. The molecule has 0 bridgehead atoms. The fourth-order valence-corrected chi connectivity index (χ4v) is 9.33. The quantitative estimate of drug-likeness (QED) is 0.170. The van der Waals surface area contributed by atoms with Crippen molar-refractivity contribution < 1.29 is 4.42 Å². The van der Waals surface area contributed by atoms with Gasteiger partial charge in [-0.15, -0.1) is 0 Å². The molecule has 0 atom stereocenters. The molecule has 0 saturated carbocycles. The molecule has 6 aromatic carbocycles. The Balaban J connectivity index is 0.000000616. The maximum Gasteiger partial charge on any atom is 0.136 e. The summed E-state index contributed by atoms with van der Waals surface area (Å²) in [6, 6.07) is 71.4. The minimum atomic E-state index is 0.798. The summed E-state index contributed by atoms with van der Waals surface area (Å²) in [5.74, 6) is 0. The van der Waals surface area contributed by atoms with Crippen LogP contribution in [-0.4, -0.2) is 36.5 Å². The molecule has 7 aromatic heterocycles. The summed E-state index contributed by atoms with van der Waals surface area (Å²) in [5.41, 5.74) is 21.7. The SMILES string of the molecule is CN.c1ccc(-c2ccccc2-c2ccc3c(c2)c2cc(-c4ccccc4-c4ccccn4)ccc2n3-c2ccc3oc4cc(-c5ccccn5)c(-c5ccccn5)cc4c3c2)nc1.c1ccncc1. The van der Waals surface area contributed by atoms with Crippen molar-refractivity contribution in [3.8, 4) is 73.0 Å². The van der Waals surface area contributed by atoms with E-state index in [0.717, 1.165) is 117 Å². The number of benzene rings is 6. The van der Waals surface area contributed by atoms with E-state index >= 15 is 0 Å². The van der Waals surface area contributed by atoms with Crippen LogP contribution in [-0.2, 0) is 0 Å². The predicted molar refractivity (Wildman–Crippen MR) is 286 cm³/mol. The highest BCUT2D eigenvalue weighted by molar-refractivity contribution is 6.13. The second kappa shape index (κ2) is 19.5. The third-order valence-corrected chi connectivity index (χ3v) is 12.4. The summed E-state index contributed by atoms with van der Waals surface area (Å²) in [6.07, 6.45) is 10.9. The van der Waals surface area contributed by atoms with Crippen LogP contribution in [0.5, 0.6) is 0 Å². The number of nitrogens with zero attached hydrogens (tertiary/aromatic N) is 6. The number of aromatic nitrogens is 6. The monoisotopic (exact) mass is 903 g/mol. The number of hydrogen-bond acceptors (Lipinski definition) is 7. The normalized spacial score (nSPS) is 11.0. The fourth-order valence-electron chi connectivity index (χ4n) is 9.33. The van der Waals surface area contributed by atoms with Gasteiger partial charge in [-0.25, -0.2) is 0 Å². The van der Waals surface area contributed by atoms with Crippen molar-refractivity contribution in [1.29, 1.82) is 0 Å². The van der Waals surface area contributed by atoms with Gasteiger partial charge in [0.15, 0.2) is 0 Å². The molecule has 334 valence electrons. The van der Waals surface area contributed by atoms with Crippen LogP contribution in [0.1, 0.15) is 0 Å². The highest BCUT2D eigenvalue weighted by atomic mass is 16.3. The molecular weight excluding hydrogens is 859 g/mol. The van der Waals surface area contributed by atoms with Gasteiger partial charge in [0.25, 0.3) is 0 Å². The van der Waals surface area contributed by atoms with Crippen LogP contribution < -0.4 is 5.73 Å². The Morgan fingerprint density at radius 1 is 0.329 bits per heavy atom. The number of fused-ring (bicyclic) bond motifs is 6. The summed E-state index contributed by atoms with van der Waals surface area (Å²) in [5, 5.41) is 4.35. The van der Waals surface area contributed by atoms with Gasteiger partial charge >= 0.3 is 0 Å². The first-order chi connectivity index (χ1) is 34.7. The van der Waals surface area contributed by atoms with E-state index in [1.54, 1.807) is 12.4 Å². The van der Waals surface area contributed by atoms with Gasteiger partial charge in [0, 0.05) is 86.7 Å². The Hall–Kier alpha value is -9.37. The van der Waals surface area contributed by atoms with Gasteiger partial charge in [0.1, 0.15) is 11.2 Å². The topological polar surface area (TPSA) is 109 Å². The molecule has 0 aliphatic rings. The molecule has 8 heteroatoms. The number of furan rings is 1. The van der Waals surface area contributed by atoms with Crippen LogP contribution in [0.4, 0.5) is 0 Å². The molecule has 0 fully saturated rings. The van der Waals surface area contributed by atoms with Crippen LogP contribution in [0.3, 0.4) is 0 Å². The lowest BCUT2D eigenvalue weighted by Gasteiger charge is -2.11. The van der Waals surface area contributed by atoms with Crippen molar-refractivity contribution in [2.24, 2.45) is 5.73 Å². The van der Waals surface area contributed by atoms with E-state index < -0.39 is 0 Å². The van der Waals surface area contributed by atoms with E-state index in [-0.39, 0.29) is 0 Å². The highest BCUT2D eigenvalue weighted by Gasteiger charge is 2.20. The Kier molecular flexibility index (Phi) is 12.0. The highest BCUT2D eigenvalue weighted by Crippen LogP contribution is 2.43. The largest absolute Gasteiger partial charge is 0.456 e. The molecule has 0 aliphatic heterocycles. The van der Waals surface area contributed by atoms with Gasteiger partial charge in [-0.2, -0.15) is 0 Å². The van der Waals surface area contributed by atoms with Gasteiger partial charge in [-0.1, -0.05) is 91.0 Å². The predicted octanol–water partition coefficient (Wildman–Crippen LogP) is 14.9. The lowest BCUT2D eigenvalue weighted by atomic mass is 9.94. The molecule has 13 aromatic rings. The van der Waals surface area contributed by atoms with Gasteiger partial charge in [0.05, 0.1) is 33.8 Å². The van der Waals surface area contributed by atoms with Gasteiger partial charge in [-0.3, -0.25) is 24.9 Å². The zero-order chi connectivity index (χ0) is 47.2. The third kappa shape index (κ3) is 8.25. The number of hydrogen-bond donors (Lipinski definition) is 1. The minimum Gasteiger partial charge on any atom is -0.456 e. The van der Waals surface area contributed by atoms with Gasteiger partial charge in [-0.05, 0) is 145 Å². The van der Waals surface area contributed by atoms with Crippen LogP contribution in [0.2, 0.25) is 0 Å². The van der Waals surface area contributed by atoms with Crippen LogP contribution in [0, 0.1) is 0 Å². The van der Waals surface area contributed by atoms with Crippen LogP contribution >= 0.6 is 0 Å². The number of rotatable bonds is 7. The molecule has 2 N–H and O–H groups in total. The van der Waals surface area contributed by atoms with Crippen molar-refractivity contribution in [3.63, 3.8) is 0 Å². The lowest BCUT2D eigenvalue weighted by molar-refractivity contribution is 0.669. The average Bonchev–Trinajstić information content (AvgIpc) is 3.98. The van der Waals surface area contributed by atoms with E-state index in [9.17, 15) is 0 Å². The molecule has 13 rings (SSSR count). The maximum atomic E-state index is 6.61. The molecule has 0 spiro atoms. The van der Waals surface area contributed by atoms with E-state index in [1.165, 1.54) is 7.05 Å². The van der Waals surface area contributed by atoms with Crippen molar-refractivity contribution in [2.75, 3.05) is 7.05 Å². The van der Waals surface area contributed by atoms with E-state index in [1.807, 2.05) is 104 Å². The Morgan fingerprint density at radius 2 is 0.757 bits per heavy atom. The summed E-state index contributed by atoms with van der Waals surface area (Å²) in [4.78, 5) is 22.7. The molecule has 8 nitrogen and oxygen atoms in total. The molecular formula is C62H45N7O. The number of nitrogens with two attached hydrogens (primary N) is 1. The van der Waals surface area contributed by atoms with Gasteiger partial charge in [0.2, 0.25) is 0 Å². The Morgan fingerprint density at radius 3 is 1.20 bits per heavy atom. The Bertz CT molecular complexity index is 3730. The standard InChI is InChI=1S/C56H35N5O.C5H5N.CH5N/c1-3-15-41(49-17-5-9-27-57-49)39(13-1)36-21-24-53-45(31-36)46-32-37(40-14-2-4-16-42(40)50-18-6-10-28-58-50)22-25-54(46)61(53)38-23-26-55-47(33-38)48-34-43(51-19-7-11-29-59-51)44(35-56(48)62-55)52-20-8-12-30-60-52;1-2-4-6-5-3-1;1-2/h1-35H;1-5H;2H2,1H3. The second-order valence-corrected chi connectivity index (χ2v) is 16.5. The first-order valence-corrected chi connectivity index (χ1v) is 23.1. The summed E-state index contributed by atoms with van der Waals surface area (Å²) >= 11 is 0. The maximum absolute atomic E-state index is 6.61. The van der Waals surface area contributed by atoms with Crippen LogP contribution in [0.25, 0.3) is 117 Å². The Labute approximate surface area is 405 Å². The molecule has 0 aliphatic carbocycles. The smallest absolute Gasteiger partial charge is 0.136 e. The molecule has 0 unspecified atom stereocenters.